The maximum atomic E-state index is 11.9. The van der Waals surface area contributed by atoms with Gasteiger partial charge in [-0.3, -0.25) is 4.79 Å². The largest absolute Gasteiger partial charge is 0.426 e. The molecule has 20 heavy (non-hydrogen) atoms. The number of esters is 1. The van der Waals surface area contributed by atoms with Crippen molar-refractivity contribution in [3.05, 3.63) is 64.7 Å². The van der Waals surface area contributed by atoms with Gasteiger partial charge in [-0.2, -0.15) is 0 Å². The van der Waals surface area contributed by atoms with Crippen LogP contribution in [0, 0.1) is 13.8 Å². The number of carbonyl (C=O) groups excluding carboxylic acids is 1. The van der Waals surface area contributed by atoms with E-state index in [9.17, 15) is 4.79 Å². The highest BCUT2D eigenvalue weighted by Crippen LogP contribution is 2.40. The van der Waals surface area contributed by atoms with E-state index in [1.54, 1.807) is 0 Å². The highest BCUT2D eigenvalue weighted by Gasteiger charge is 2.26. The molecule has 2 aromatic carbocycles. The zero-order valence-electron chi connectivity index (χ0n) is 11.8. The summed E-state index contributed by atoms with van der Waals surface area (Å²) in [6.45, 7) is 4.07. The van der Waals surface area contributed by atoms with E-state index in [0.717, 1.165) is 28.9 Å². The van der Waals surface area contributed by atoms with Gasteiger partial charge in [0.15, 0.2) is 0 Å². The van der Waals surface area contributed by atoms with Crippen LogP contribution in [0.25, 0.3) is 0 Å². The SMILES string of the molecule is Cc1ccc2c(c1C)OC(=O)CCC2c1ccccc1. The maximum absolute atomic E-state index is 11.9. The predicted octanol–water partition coefficient (Wildman–Crippen LogP) is 4.13. The van der Waals surface area contributed by atoms with E-state index in [2.05, 4.69) is 24.3 Å². The first-order valence-corrected chi connectivity index (χ1v) is 7.02. The van der Waals surface area contributed by atoms with Crippen LogP contribution in [0.3, 0.4) is 0 Å². The van der Waals surface area contributed by atoms with Crippen LogP contribution in [-0.4, -0.2) is 5.97 Å². The fraction of sp³-hybridized carbons (Fsp3) is 0.278. The molecule has 0 aromatic heterocycles. The summed E-state index contributed by atoms with van der Waals surface area (Å²) in [6, 6.07) is 14.6. The number of carbonyl (C=O) groups is 1. The van der Waals surface area contributed by atoms with E-state index >= 15 is 0 Å². The molecule has 0 saturated carbocycles. The van der Waals surface area contributed by atoms with Gasteiger partial charge in [0, 0.05) is 17.9 Å². The van der Waals surface area contributed by atoms with Gasteiger partial charge in [-0.1, -0.05) is 42.5 Å². The van der Waals surface area contributed by atoms with Crippen LogP contribution >= 0.6 is 0 Å². The van der Waals surface area contributed by atoms with Crippen molar-refractivity contribution in [2.45, 2.75) is 32.6 Å². The molecule has 0 fully saturated rings. The van der Waals surface area contributed by atoms with Crippen LogP contribution in [0.2, 0.25) is 0 Å². The molecule has 2 nitrogen and oxygen atoms in total. The highest BCUT2D eigenvalue weighted by atomic mass is 16.5. The van der Waals surface area contributed by atoms with Gasteiger partial charge in [0.1, 0.15) is 5.75 Å². The molecule has 0 saturated heterocycles. The van der Waals surface area contributed by atoms with E-state index < -0.39 is 0 Å². The second kappa shape index (κ2) is 5.12. The number of rotatable bonds is 1. The van der Waals surface area contributed by atoms with Crippen LogP contribution in [0.15, 0.2) is 42.5 Å². The fourth-order valence-electron chi connectivity index (χ4n) is 2.84. The molecular weight excluding hydrogens is 248 g/mol. The van der Waals surface area contributed by atoms with Crippen LogP contribution in [0.5, 0.6) is 5.75 Å². The lowest BCUT2D eigenvalue weighted by Crippen LogP contribution is -2.06. The summed E-state index contributed by atoms with van der Waals surface area (Å²) in [4.78, 5) is 11.9. The standard InChI is InChI=1S/C18H18O2/c1-12-8-9-16-15(14-6-4-3-5-7-14)10-11-17(19)20-18(16)13(12)2/h3-9,15H,10-11H2,1-2H3. The number of ether oxygens (including phenoxy) is 1. The summed E-state index contributed by atoms with van der Waals surface area (Å²) in [6.07, 6.45) is 1.27. The summed E-state index contributed by atoms with van der Waals surface area (Å²) in [5, 5.41) is 0. The van der Waals surface area contributed by atoms with Crippen LogP contribution < -0.4 is 4.74 Å². The van der Waals surface area contributed by atoms with E-state index in [1.165, 1.54) is 5.56 Å². The topological polar surface area (TPSA) is 26.3 Å². The Morgan fingerprint density at radius 1 is 1.05 bits per heavy atom. The second-order valence-corrected chi connectivity index (χ2v) is 5.40. The molecule has 3 rings (SSSR count). The Morgan fingerprint density at radius 2 is 1.80 bits per heavy atom. The zero-order valence-corrected chi connectivity index (χ0v) is 11.8. The van der Waals surface area contributed by atoms with Crippen LogP contribution in [0.4, 0.5) is 0 Å². The summed E-state index contributed by atoms with van der Waals surface area (Å²) in [5.74, 6) is 0.872. The first-order chi connectivity index (χ1) is 9.66. The fourth-order valence-corrected chi connectivity index (χ4v) is 2.84. The number of benzene rings is 2. The summed E-state index contributed by atoms with van der Waals surface area (Å²) < 4.78 is 5.58. The van der Waals surface area contributed by atoms with Gasteiger partial charge in [-0.15, -0.1) is 0 Å². The summed E-state index contributed by atoms with van der Waals surface area (Å²) in [5.41, 5.74) is 4.60. The van der Waals surface area contributed by atoms with E-state index in [1.807, 2.05) is 32.0 Å². The molecule has 2 aromatic rings. The molecule has 0 bridgehead atoms. The number of hydrogen-bond acceptors (Lipinski definition) is 2. The minimum Gasteiger partial charge on any atom is -0.426 e. The van der Waals surface area contributed by atoms with E-state index in [0.29, 0.717) is 6.42 Å². The van der Waals surface area contributed by atoms with Gasteiger partial charge in [0.05, 0.1) is 0 Å². The third-order valence-electron chi connectivity index (χ3n) is 4.14. The summed E-state index contributed by atoms with van der Waals surface area (Å²) >= 11 is 0. The van der Waals surface area contributed by atoms with Crippen molar-refractivity contribution in [3.63, 3.8) is 0 Å². The Balaban J connectivity index is 2.16. The molecule has 102 valence electrons. The van der Waals surface area contributed by atoms with Gasteiger partial charge in [0.25, 0.3) is 0 Å². The Morgan fingerprint density at radius 3 is 2.55 bits per heavy atom. The summed E-state index contributed by atoms with van der Waals surface area (Å²) in [7, 11) is 0. The number of hydrogen-bond donors (Lipinski definition) is 0. The first-order valence-electron chi connectivity index (χ1n) is 7.02. The van der Waals surface area contributed by atoms with Gasteiger partial charge >= 0.3 is 5.97 Å². The Bertz CT molecular complexity index is 644. The van der Waals surface area contributed by atoms with Crippen molar-refractivity contribution in [2.75, 3.05) is 0 Å². The smallest absolute Gasteiger partial charge is 0.311 e. The third kappa shape index (κ3) is 2.22. The minimum absolute atomic E-state index is 0.126. The van der Waals surface area contributed by atoms with Crippen molar-refractivity contribution in [1.29, 1.82) is 0 Å². The van der Waals surface area contributed by atoms with Gasteiger partial charge in [-0.05, 0) is 37.0 Å². The molecule has 1 atom stereocenters. The van der Waals surface area contributed by atoms with Gasteiger partial charge in [0.2, 0.25) is 0 Å². The molecule has 1 aliphatic rings. The lowest BCUT2D eigenvalue weighted by atomic mass is 9.86. The van der Waals surface area contributed by atoms with E-state index in [-0.39, 0.29) is 11.9 Å². The third-order valence-corrected chi connectivity index (χ3v) is 4.14. The number of aryl methyl sites for hydroxylation is 1. The molecule has 0 N–H and O–H groups in total. The Hall–Kier alpha value is -2.09. The Labute approximate surface area is 119 Å². The molecule has 2 heteroatoms. The van der Waals surface area contributed by atoms with Crippen molar-refractivity contribution in [3.8, 4) is 5.75 Å². The minimum atomic E-state index is -0.126. The zero-order chi connectivity index (χ0) is 14.1. The monoisotopic (exact) mass is 266 g/mol. The lowest BCUT2D eigenvalue weighted by Gasteiger charge is -2.18. The highest BCUT2D eigenvalue weighted by molar-refractivity contribution is 5.75. The lowest BCUT2D eigenvalue weighted by molar-refractivity contribution is -0.134. The molecule has 0 spiro atoms. The second-order valence-electron chi connectivity index (χ2n) is 5.40. The molecule has 1 heterocycles. The van der Waals surface area contributed by atoms with Crippen LogP contribution in [-0.2, 0) is 4.79 Å². The molecular formula is C18H18O2. The molecule has 0 amide bonds. The first kappa shape index (κ1) is 12.9. The van der Waals surface area contributed by atoms with Crippen molar-refractivity contribution < 1.29 is 9.53 Å². The normalized spacial score (nSPS) is 18.1. The van der Waals surface area contributed by atoms with Crippen molar-refractivity contribution in [1.82, 2.24) is 0 Å². The molecule has 0 radical (unpaired) electrons. The molecule has 1 unspecified atom stereocenters. The van der Waals surface area contributed by atoms with Gasteiger partial charge in [-0.25, -0.2) is 0 Å². The average molecular weight is 266 g/mol. The van der Waals surface area contributed by atoms with E-state index in [4.69, 9.17) is 4.74 Å². The number of fused-ring (bicyclic) bond motifs is 1. The molecule has 1 aliphatic heterocycles. The Kier molecular flexibility index (Phi) is 3.31. The maximum Gasteiger partial charge on any atom is 0.311 e. The molecule has 0 aliphatic carbocycles. The quantitative estimate of drug-likeness (QED) is 0.573. The predicted molar refractivity (Wildman–Crippen MR) is 79.1 cm³/mol. The van der Waals surface area contributed by atoms with Crippen molar-refractivity contribution in [2.24, 2.45) is 0 Å². The van der Waals surface area contributed by atoms with Gasteiger partial charge < -0.3 is 4.74 Å². The van der Waals surface area contributed by atoms with Crippen molar-refractivity contribution >= 4 is 5.97 Å². The van der Waals surface area contributed by atoms with Crippen LogP contribution in [0.1, 0.15) is 41.0 Å². The average Bonchev–Trinajstić information content (AvgIpc) is 2.63.